The van der Waals surface area contributed by atoms with Gasteiger partial charge in [-0.05, 0) is 19.8 Å². The largest absolute Gasteiger partial charge is 0.378 e. The number of nitrogens with two attached hydrogens (primary N) is 1. The van der Waals surface area contributed by atoms with E-state index in [0.717, 1.165) is 39.1 Å². The van der Waals surface area contributed by atoms with Gasteiger partial charge in [0, 0.05) is 26.2 Å². The number of hydrogen-bond donors (Lipinski definition) is 2. The average molecular weight is 282 g/mol. The summed E-state index contributed by atoms with van der Waals surface area (Å²) in [5, 5.41) is 7.68. The van der Waals surface area contributed by atoms with Gasteiger partial charge in [-0.3, -0.25) is 14.9 Å². The second kappa shape index (κ2) is 7.32. The van der Waals surface area contributed by atoms with Crippen LogP contribution in [-0.4, -0.2) is 58.1 Å². The van der Waals surface area contributed by atoms with Crippen LogP contribution >= 0.6 is 0 Å². The van der Waals surface area contributed by atoms with E-state index >= 15 is 0 Å². The maximum absolute atomic E-state index is 11.3. The topological polar surface area (TPSA) is 98.3 Å². The van der Waals surface area contributed by atoms with Crippen LogP contribution in [0.4, 0.5) is 0 Å². The van der Waals surface area contributed by atoms with Crippen LogP contribution < -0.4 is 11.3 Å². The number of nitrogens with zero attached hydrogens (tertiary/aromatic N) is 4. The lowest BCUT2D eigenvalue weighted by molar-refractivity contribution is 0.0134. The summed E-state index contributed by atoms with van der Waals surface area (Å²) in [5.41, 5.74) is 2.28. The molecule has 0 unspecified atom stereocenters. The van der Waals surface area contributed by atoms with Crippen molar-refractivity contribution in [1.29, 1.82) is 0 Å². The first kappa shape index (κ1) is 14.9. The molecule has 0 aromatic carbocycles. The molecule has 0 bridgehead atoms. The van der Waals surface area contributed by atoms with Crippen LogP contribution in [0.1, 0.15) is 30.3 Å². The predicted molar refractivity (Wildman–Crippen MR) is 72.8 cm³/mol. The Balaban J connectivity index is 1.73. The van der Waals surface area contributed by atoms with Crippen LogP contribution in [0.25, 0.3) is 0 Å². The minimum atomic E-state index is -0.422. The molecule has 8 nitrogen and oxygen atoms in total. The molecule has 1 fully saturated rings. The minimum Gasteiger partial charge on any atom is -0.378 e. The van der Waals surface area contributed by atoms with Gasteiger partial charge in [-0.25, -0.2) is 5.84 Å². The summed E-state index contributed by atoms with van der Waals surface area (Å²) >= 11 is 0. The second-order valence-electron chi connectivity index (χ2n) is 4.84. The van der Waals surface area contributed by atoms with Gasteiger partial charge in [-0.1, -0.05) is 5.21 Å². The van der Waals surface area contributed by atoms with Crippen LogP contribution in [0.15, 0.2) is 6.20 Å². The Labute approximate surface area is 118 Å². The molecular formula is C12H22N6O2. The second-order valence-corrected chi connectivity index (χ2v) is 4.84. The number of piperidine rings is 1. The molecule has 2 heterocycles. The van der Waals surface area contributed by atoms with Crippen LogP contribution in [-0.2, 0) is 11.3 Å². The summed E-state index contributed by atoms with van der Waals surface area (Å²) in [4.78, 5) is 13.6. The number of likely N-dealkylation sites (tertiary alicyclic amines) is 1. The molecule has 0 radical (unpaired) electrons. The fraction of sp³-hybridized carbons (Fsp3) is 0.750. The lowest BCUT2D eigenvalue weighted by atomic mass is 10.1. The summed E-state index contributed by atoms with van der Waals surface area (Å²) in [6, 6.07) is 0. The predicted octanol–water partition coefficient (Wildman–Crippen LogP) is -0.617. The third-order valence-electron chi connectivity index (χ3n) is 3.48. The first-order chi connectivity index (χ1) is 9.72. The smallest absolute Gasteiger partial charge is 0.287 e. The zero-order valence-corrected chi connectivity index (χ0v) is 11.8. The summed E-state index contributed by atoms with van der Waals surface area (Å²) in [6.45, 7) is 6.50. The number of hydrazine groups is 1. The number of rotatable bonds is 6. The Hall–Kier alpha value is -1.51. The molecule has 0 aliphatic carbocycles. The van der Waals surface area contributed by atoms with Gasteiger partial charge in [0.2, 0.25) is 0 Å². The lowest BCUT2D eigenvalue weighted by Gasteiger charge is -2.31. The normalized spacial score (nSPS) is 17.3. The fourth-order valence-electron chi connectivity index (χ4n) is 2.36. The van der Waals surface area contributed by atoms with Gasteiger partial charge >= 0.3 is 0 Å². The summed E-state index contributed by atoms with van der Waals surface area (Å²) in [6.07, 6.45) is 4.16. The van der Waals surface area contributed by atoms with Gasteiger partial charge in [-0.15, -0.1) is 5.10 Å². The number of aromatic nitrogens is 3. The molecule has 8 heteroatoms. The van der Waals surface area contributed by atoms with E-state index in [-0.39, 0.29) is 5.69 Å². The highest BCUT2D eigenvalue weighted by Gasteiger charge is 2.19. The molecular weight excluding hydrogens is 260 g/mol. The molecule has 20 heavy (non-hydrogen) atoms. The maximum atomic E-state index is 11.3. The monoisotopic (exact) mass is 282 g/mol. The van der Waals surface area contributed by atoms with Crippen molar-refractivity contribution in [3.8, 4) is 0 Å². The summed E-state index contributed by atoms with van der Waals surface area (Å²) in [5.74, 6) is 4.62. The SMILES string of the molecule is CCOC1CCN(CCn2cc(C(=O)NN)nn2)CC1. The molecule has 1 aliphatic rings. The maximum Gasteiger partial charge on any atom is 0.287 e. The van der Waals surface area contributed by atoms with E-state index in [2.05, 4.69) is 15.2 Å². The average Bonchev–Trinajstić information content (AvgIpc) is 2.95. The van der Waals surface area contributed by atoms with Gasteiger partial charge in [-0.2, -0.15) is 0 Å². The molecule has 3 N–H and O–H groups in total. The van der Waals surface area contributed by atoms with Crippen molar-refractivity contribution in [3.05, 3.63) is 11.9 Å². The van der Waals surface area contributed by atoms with Gasteiger partial charge in [0.25, 0.3) is 5.91 Å². The van der Waals surface area contributed by atoms with Crippen LogP contribution in [0.2, 0.25) is 0 Å². The van der Waals surface area contributed by atoms with Crippen molar-refractivity contribution in [2.75, 3.05) is 26.2 Å². The van der Waals surface area contributed by atoms with E-state index in [1.54, 1.807) is 10.9 Å². The highest BCUT2D eigenvalue weighted by molar-refractivity contribution is 5.91. The highest BCUT2D eigenvalue weighted by atomic mass is 16.5. The highest BCUT2D eigenvalue weighted by Crippen LogP contribution is 2.13. The summed E-state index contributed by atoms with van der Waals surface area (Å²) < 4.78 is 7.29. The van der Waals surface area contributed by atoms with Gasteiger partial charge in [0.05, 0.1) is 18.8 Å². The number of amides is 1. The Bertz CT molecular complexity index is 427. The van der Waals surface area contributed by atoms with Crippen LogP contribution in [0, 0.1) is 0 Å². The quantitative estimate of drug-likeness (QED) is 0.410. The lowest BCUT2D eigenvalue weighted by Crippen LogP contribution is -2.38. The van der Waals surface area contributed by atoms with E-state index in [1.807, 2.05) is 12.3 Å². The van der Waals surface area contributed by atoms with Crippen LogP contribution in [0.5, 0.6) is 0 Å². The number of nitrogen functional groups attached to an aromatic ring is 1. The van der Waals surface area contributed by atoms with Crippen molar-refractivity contribution in [3.63, 3.8) is 0 Å². The van der Waals surface area contributed by atoms with E-state index in [0.29, 0.717) is 12.6 Å². The van der Waals surface area contributed by atoms with E-state index in [1.165, 1.54) is 0 Å². The molecule has 112 valence electrons. The molecule has 0 spiro atoms. The van der Waals surface area contributed by atoms with Gasteiger partial charge in [0.1, 0.15) is 0 Å². The third-order valence-corrected chi connectivity index (χ3v) is 3.48. The zero-order valence-electron chi connectivity index (χ0n) is 11.8. The fourth-order valence-corrected chi connectivity index (χ4v) is 2.36. The Morgan fingerprint density at radius 1 is 1.50 bits per heavy atom. The third kappa shape index (κ3) is 3.99. The standard InChI is InChI=1S/C12H22N6O2/c1-2-20-10-3-5-17(6-4-10)7-8-18-9-11(15-16-18)12(19)14-13/h9-10H,2-8,13H2,1H3,(H,14,19). The van der Waals surface area contributed by atoms with Crippen molar-refractivity contribution in [2.45, 2.75) is 32.4 Å². The zero-order chi connectivity index (χ0) is 14.4. The number of ether oxygens (including phenoxy) is 1. The van der Waals surface area contributed by atoms with E-state index in [4.69, 9.17) is 10.6 Å². The number of carbonyl (C=O) groups is 1. The van der Waals surface area contributed by atoms with E-state index in [9.17, 15) is 4.79 Å². The first-order valence-electron chi connectivity index (χ1n) is 6.98. The Kier molecular flexibility index (Phi) is 5.45. The molecule has 1 aromatic rings. The summed E-state index contributed by atoms with van der Waals surface area (Å²) in [7, 11) is 0. The molecule has 1 saturated heterocycles. The van der Waals surface area contributed by atoms with Crippen molar-refractivity contribution >= 4 is 5.91 Å². The molecule has 1 aliphatic heterocycles. The van der Waals surface area contributed by atoms with Crippen molar-refractivity contribution < 1.29 is 9.53 Å². The number of nitrogens with one attached hydrogen (secondary N) is 1. The van der Waals surface area contributed by atoms with E-state index < -0.39 is 5.91 Å². The number of carbonyl (C=O) groups excluding carboxylic acids is 1. The molecule has 0 atom stereocenters. The Morgan fingerprint density at radius 3 is 2.90 bits per heavy atom. The van der Waals surface area contributed by atoms with Gasteiger partial charge in [0.15, 0.2) is 5.69 Å². The first-order valence-corrected chi connectivity index (χ1v) is 6.98. The minimum absolute atomic E-state index is 0.238. The molecule has 1 amide bonds. The van der Waals surface area contributed by atoms with Crippen LogP contribution in [0.3, 0.4) is 0 Å². The molecule has 0 saturated carbocycles. The number of hydrogen-bond acceptors (Lipinski definition) is 6. The van der Waals surface area contributed by atoms with Crippen molar-refractivity contribution in [2.24, 2.45) is 5.84 Å². The van der Waals surface area contributed by atoms with Gasteiger partial charge < -0.3 is 9.64 Å². The Morgan fingerprint density at radius 2 is 2.25 bits per heavy atom. The van der Waals surface area contributed by atoms with Crippen molar-refractivity contribution in [1.82, 2.24) is 25.3 Å². The molecule has 1 aromatic heterocycles. The molecule has 2 rings (SSSR count).